The number of methoxy groups -OCH3 is 2. The maximum Gasteiger partial charge on any atom is 0.355 e. The first kappa shape index (κ1) is 19.3. The molecule has 1 heterocycles. The first-order chi connectivity index (χ1) is 11.8. The fourth-order valence-electron chi connectivity index (χ4n) is 2.28. The summed E-state index contributed by atoms with van der Waals surface area (Å²) in [4.78, 5) is 36.3. The maximum atomic E-state index is 12.3. The van der Waals surface area contributed by atoms with Gasteiger partial charge < -0.3 is 19.1 Å². The minimum absolute atomic E-state index is 0.0507. The van der Waals surface area contributed by atoms with Crippen LogP contribution in [0.3, 0.4) is 0 Å². The van der Waals surface area contributed by atoms with Crippen LogP contribution in [0.25, 0.3) is 0 Å². The number of hydrogen-bond donors (Lipinski definition) is 0. The molecule has 1 aromatic rings. The molecule has 0 fully saturated rings. The molecule has 134 valence electrons. The summed E-state index contributed by atoms with van der Waals surface area (Å²) in [7, 11) is 2.30. The summed E-state index contributed by atoms with van der Waals surface area (Å²) in [5.41, 5.74) is -0.511. The minimum Gasteiger partial charge on any atom is -0.466 e. The number of carbonyl (C=O) groups excluding carboxylic acids is 2. The fraction of sp³-hybridized carbons (Fsp3) is 0.286. The van der Waals surface area contributed by atoms with E-state index in [-0.39, 0.29) is 36.0 Å². The monoisotopic (exact) mass is 478 g/mol. The van der Waals surface area contributed by atoms with Crippen molar-refractivity contribution < 1.29 is 28.7 Å². The van der Waals surface area contributed by atoms with E-state index in [1.54, 1.807) is 6.07 Å². The van der Waals surface area contributed by atoms with Crippen LogP contribution in [0.15, 0.2) is 32.3 Å². The number of nitro groups is 1. The molecular weight excluding hydrogens is 468 g/mol. The van der Waals surface area contributed by atoms with Crippen LogP contribution < -0.4 is 4.90 Å². The van der Waals surface area contributed by atoms with Gasteiger partial charge in [-0.25, -0.2) is 9.59 Å². The Morgan fingerprint density at radius 3 is 2.44 bits per heavy atom. The van der Waals surface area contributed by atoms with Crippen molar-refractivity contribution in [2.45, 2.75) is 0 Å². The fourth-order valence-corrected chi connectivity index (χ4v) is 3.70. The molecule has 0 atom stereocenters. The van der Waals surface area contributed by atoms with E-state index in [4.69, 9.17) is 9.47 Å². The first-order valence-corrected chi connectivity index (χ1v) is 8.28. The first-order valence-electron chi connectivity index (χ1n) is 6.70. The molecule has 1 aliphatic heterocycles. The SMILES string of the molecule is COC(=O)C1=C(C(=O)OC)N(c2c(Br)cc(Br)cc2[N+](=O)[O-])COC1. The van der Waals surface area contributed by atoms with Crippen molar-refractivity contribution in [3.63, 3.8) is 0 Å². The highest BCUT2D eigenvalue weighted by molar-refractivity contribution is 9.11. The van der Waals surface area contributed by atoms with E-state index in [1.807, 2.05) is 0 Å². The third-order valence-electron chi connectivity index (χ3n) is 3.31. The van der Waals surface area contributed by atoms with E-state index in [0.717, 1.165) is 14.2 Å². The van der Waals surface area contributed by atoms with Crippen LogP contribution in [-0.2, 0) is 23.8 Å². The van der Waals surface area contributed by atoms with Crippen molar-refractivity contribution in [2.75, 3.05) is 32.5 Å². The van der Waals surface area contributed by atoms with E-state index in [9.17, 15) is 19.7 Å². The normalized spacial score (nSPS) is 14.3. The van der Waals surface area contributed by atoms with E-state index in [0.29, 0.717) is 8.95 Å². The molecule has 0 amide bonds. The van der Waals surface area contributed by atoms with E-state index < -0.39 is 16.9 Å². The quantitative estimate of drug-likeness (QED) is 0.368. The summed E-state index contributed by atoms with van der Waals surface area (Å²) in [6.45, 7) is -0.373. The number of benzene rings is 1. The van der Waals surface area contributed by atoms with Crippen LogP contribution in [0.5, 0.6) is 0 Å². The number of rotatable bonds is 4. The lowest BCUT2D eigenvalue weighted by Crippen LogP contribution is -2.39. The lowest BCUT2D eigenvalue weighted by molar-refractivity contribution is -0.384. The summed E-state index contributed by atoms with van der Waals surface area (Å²) < 4.78 is 15.5. The summed E-state index contributed by atoms with van der Waals surface area (Å²) in [6.07, 6.45) is 0. The molecule has 1 aromatic carbocycles. The smallest absolute Gasteiger partial charge is 0.355 e. The second kappa shape index (κ2) is 7.93. The molecule has 0 N–H and O–H groups in total. The Morgan fingerprint density at radius 2 is 1.88 bits per heavy atom. The molecule has 0 saturated heterocycles. The minimum atomic E-state index is -0.840. The molecular formula is C14H12Br2N2O7. The zero-order chi connectivity index (χ0) is 18.7. The van der Waals surface area contributed by atoms with Gasteiger partial charge in [-0.15, -0.1) is 0 Å². The van der Waals surface area contributed by atoms with Gasteiger partial charge in [0.1, 0.15) is 18.1 Å². The van der Waals surface area contributed by atoms with Crippen molar-refractivity contribution in [2.24, 2.45) is 0 Å². The number of ether oxygens (including phenoxy) is 3. The zero-order valence-corrected chi connectivity index (χ0v) is 16.2. The summed E-state index contributed by atoms with van der Waals surface area (Å²) in [5.74, 6) is -1.63. The molecule has 0 aromatic heterocycles. The Morgan fingerprint density at radius 1 is 1.24 bits per heavy atom. The predicted octanol–water partition coefficient (Wildman–Crippen LogP) is 2.51. The molecule has 11 heteroatoms. The van der Waals surface area contributed by atoms with Crippen molar-refractivity contribution in [1.29, 1.82) is 0 Å². The summed E-state index contributed by atoms with van der Waals surface area (Å²) in [5, 5.41) is 11.5. The van der Waals surface area contributed by atoms with Gasteiger partial charge in [-0.05, 0) is 22.0 Å². The van der Waals surface area contributed by atoms with Gasteiger partial charge in [0.2, 0.25) is 0 Å². The number of esters is 2. The van der Waals surface area contributed by atoms with Crippen LogP contribution in [-0.4, -0.2) is 44.4 Å². The van der Waals surface area contributed by atoms with Crippen LogP contribution in [0.4, 0.5) is 11.4 Å². The average Bonchev–Trinajstić information content (AvgIpc) is 2.59. The van der Waals surface area contributed by atoms with Gasteiger partial charge in [0.05, 0.1) is 31.3 Å². The summed E-state index contributed by atoms with van der Waals surface area (Å²) in [6, 6.07) is 2.85. The standard InChI is InChI=1S/C14H12Br2N2O7/c1-23-13(19)8-5-25-6-17(11(8)14(20)24-2)12-9(16)3-7(15)4-10(12)18(21)22/h3-4H,5-6H2,1-2H3. The van der Waals surface area contributed by atoms with Crippen molar-refractivity contribution in [1.82, 2.24) is 0 Å². The van der Waals surface area contributed by atoms with Gasteiger partial charge in [0, 0.05) is 15.0 Å². The Labute approximate surface area is 158 Å². The van der Waals surface area contributed by atoms with Gasteiger partial charge in [-0.1, -0.05) is 15.9 Å². The Hall–Kier alpha value is -1.98. The average molecular weight is 480 g/mol. The molecule has 0 aliphatic carbocycles. The maximum absolute atomic E-state index is 12.3. The lowest BCUT2D eigenvalue weighted by atomic mass is 10.1. The van der Waals surface area contributed by atoms with Gasteiger partial charge in [0.15, 0.2) is 0 Å². The molecule has 25 heavy (non-hydrogen) atoms. The highest BCUT2D eigenvalue weighted by Gasteiger charge is 2.36. The van der Waals surface area contributed by atoms with E-state index in [2.05, 4.69) is 36.6 Å². The summed E-state index contributed by atoms with van der Waals surface area (Å²) >= 11 is 6.43. The lowest BCUT2D eigenvalue weighted by Gasteiger charge is -2.31. The molecule has 0 spiro atoms. The number of nitro benzene ring substituents is 1. The predicted molar refractivity (Wildman–Crippen MR) is 92.9 cm³/mol. The molecule has 9 nitrogen and oxygen atoms in total. The highest BCUT2D eigenvalue weighted by atomic mass is 79.9. The van der Waals surface area contributed by atoms with Crippen LogP contribution in [0.2, 0.25) is 0 Å². The third kappa shape index (κ3) is 3.83. The number of nitrogens with zero attached hydrogens (tertiary/aromatic N) is 2. The molecule has 1 aliphatic rings. The van der Waals surface area contributed by atoms with E-state index in [1.165, 1.54) is 11.0 Å². The van der Waals surface area contributed by atoms with Crippen LogP contribution in [0, 0.1) is 10.1 Å². The Balaban J connectivity index is 2.74. The highest BCUT2D eigenvalue weighted by Crippen LogP contribution is 2.41. The Kier molecular flexibility index (Phi) is 6.14. The van der Waals surface area contributed by atoms with Gasteiger partial charge in [-0.3, -0.25) is 10.1 Å². The van der Waals surface area contributed by atoms with Crippen molar-refractivity contribution in [3.8, 4) is 0 Å². The zero-order valence-electron chi connectivity index (χ0n) is 13.1. The molecule has 0 bridgehead atoms. The van der Waals surface area contributed by atoms with Gasteiger partial charge in [-0.2, -0.15) is 0 Å². The topological polar surface area (TPSA) is 108 Å². The molecule has 0 radical (unpaired) electrons. The molecule has 2 rings (SSSR count). The molecule has 0 unspecified atom stereocenters. The van der Waals surface area contributed by atoms with Crippen LogP contribution >= 0.6 is 31.9 Å². The number of hydrogen-bond acceptors (Lipinski definition) is 8. The number of anilines is 1. The number of halogens is 2. The third-order valence-corrected chi connectivity index (χ3v) is 4.37. The van der Waals surface area contributed by atoms with Gasteiger partial charge >= 0.3 is 11.9 Å². The largest absolute Gasteiger partial charge is 0.466 e. The molecule has 0 saturated carbocycles. The van der Waals surface area contributed by atoms with Crippen LogP contribution in [0.1, 0.15) is 0 Å². The van der Waals surface area contributed by atoms with Crippen molar-refractivity contribution >= 4 is 55.2 Å². The van der Waals surface area contributed by atoms with E-state index >= 15 is 0 Å². The Bertz CT molecular complexity index is 779. The number of carbonyl (C=O) groups is 2. The second-order valence-corrected chi connectivity index (χ2v) is 6.50. The second-order valence-electron chi connectivity index (χ2n) is 4.73. The van der Waals surface area contributed by atoms with Crippen molar-refractivity contribution in [3.05, 3.63) is 42.5 Å². The van der Waals surface area contributed by atoms with Gasteiger partial charge in [0.25, 0.3) is 5.69 Å².